The molecule has 2 atom stereocenters. The van der Waals surface area contributed by atoms with E-state index in [0.29, 0.717) is 6.04 Å². The van der Waals surface area contributed by atoms with Gasteiger partial charge in [-0.1, -0.05) is 24.3 Å². The molecule has 3 aliphatic rings. The molecule has 2 heterocycles. The number of likely N-dealkylation sites (tertiary alicyclic amines) is 1. The zero-order valence-electron chi connectivity index (χ0n) is 12.4. The third-order valence-electron chi connectivity index (χ3n) is 5.35. The van der Waals surface area contributed by atoms with Crippen LogP contribution in [0.1, 0.15) is 11.1 Å². The Morgan fingerprint density at radius 3 is 2.29 bits per heavy atom. The quantitative estimate of drug-likeness (QED) is 0.861. The third kappa shape index (κ3) is 2.61. The SMILES string of the molecule is O[C@H]1CN(C2Cc3ccccc3C2)C[C@@H]1N1CCOCC1. The van der Waals surface area contributed by atoms with Crippen LogP contribution in [-0.4, -0.2) is 72.5 Å². The Morgan fingerprint density at radius 1 is 0.952 bits per heavy atom. The summed E-state index contributed by atoms with van der Waals surface area (Å²) in [6.45, 7) is 5.34. The first-order chi connectivity index (χ1) is 10.3. The number of ether oxygens (including phenoxy) is 1. The summed E-state index contributed by atoms with van der Waals surface area (Å²) in [5, 5.41) is 10.5. The lowest BCUT2D eigenvalue weighted by molar-refractivity contribution is -0.00625. The maximum Gasteiger partial charge on any atom is 0.0834 e. The Morgan fingerprint density at radius 2 is 1.62 bits per heavy atom. The van der Waals surface area contributed by atoms with Crippen LogP contribution < -0.4 is 0 Å². The molecular formula is C17H24N2O2. The van der Waals surface area contributed by atoms with E-state index >= 15 is 0 Å². The molecule has 2 fully saturated rings. The van der Waals surface area contributed by atoms with Gasteiger partial charge in [-0.05, 0) is 24.0 Å². The molecule has 0 unspecified atom stereocenters. The van der Waals surface area contributed by atoms with Gasteiger partial charge in [0, 0.05) is 38.3 Å². The van der Waals surface area contributed by atoms with Crippen molar-refractivity contribution in [3.05, 3.63) is 35.4 Å². The first-order valence-corrected chi connectivity index (χ1v) is 8.12. The summed E-state index contributed by atoms with van der Waals surface area (Å²) in [6, 6.07) is 9.64. The molecule has 1 N–H and O–H groups in total. The minimum Gasteiger partial charge on any atom is -0.390 e. The monoisotopic (exact) mass is 288 g/mol. The van der Waals surface area contributed by atoms with Gasteiger partial charge in [0.25, 0.3) is 0 Å². The van der Waals surface area contributed by atoms with E-state index in [1.165, 1.54) is 11.1 Å². The van der Waals surface area contributed by atoms with Gasteiger partial charge in [-0.25, -0.2) is 0 Å². The van der Waals surface area contributed by atoms with Gasteiger partial charge in [-0.3, -0.25) is 9.80 Å². The van der Waals surface area contributed by atoms with Gasteiger partial charge in [0.05, 0.1) is 19.3 Å². The largest absolute Gasteiger partial charge is 0.390 e. The minimum atomic E-state index is -0.216. The molecule has 21 heavy (non-hydrogen) atoms. The van der Waals surface area contributed by atoms with Gasteiger partial charge in [0.1, 0.15) is 0 Å². The van der Waals surface area contributed by atoms with Crippen molar-refractivity contribution in [2.45, 2.75) is 31.0 Å². The Balaban J connectivity index is 1.42. The van der Waals surface area contributed by atoms with E-state index in [2.05, 4.69) is 34.1 Å². The molecule has 0 saturated carbocycles. The number of aliphatic hydroxyl groups excluding tert-OH is 1. The van der Waals surface area contributed by atoms with Crippen molar-refractivity contribution in [3.63, 3.8) is 0 Å². The van der Waals surface area contributed by atoms with E-state index in [0.717, 1.165) is 52.2 Å². The lowest BCUT2D eigenvalue weighted by Gasteiger charge is -2.33. The fraction of sp³-hybridized carbons (Fsp3) is 0.647. The summed E-state index contributed by atoms with van der Waals surface area (Å²) in [4.78, 5) is 4.92. The Hall–Kier alpha value is -0.940. The topological polar surface area (TPSA) is 35.9 Å². The molecule has 2 saturated heterocycles. The molecular weight excluding hydrogens is 264 g/mol. The van der Waals surface area contributed by atoms with Crippen molar-refractivity contribution in [3.8, 4) is 0 Å². The maximum atomic E-state index is 10.5. The minimum absolute atomic E-state index is 0.216. The smallest absolute Gasteiger partial charge is 0.0834 e. The molecule has 1 aromatic rings. The highest BCUT2D eigenvalue weighted by Gasteiger charge is 2.40. The van der Waals surface area contributed by atoms with Crippen LogP contribution in [0.25, 0.3) is 0 Å². The number of rotatable bonds is 2. The highest BCUT2D eigenvalue weighted by molar-refractivity contribution is 5.33. The summed E-state index contributed by atoms with van der Waals surface area (Å²) in [5.41, 5.74) is 2.98. The van der Waals surface area contributed by atoms with Gasteiger partial charge in [-0.2, -0.15) is 0 Å². The lowest BCUT2D eigenvalue weighted by atomic mass is 10.1. The highest BCUT2D eigenvalue weighted by Crippen LogP contribution is 2.29. The number of aliphatic hydroxyl groups is 1. The summed E-state index contributed by atoms with van der Waals surface area (Å²) >= 11 is 0. The molecule has 2 aliphatic heterocycles. The van der Waals surface area contributed by atoms with Gasteiger partial charge in [0.15, 0.2) is 0 Å². The van der Waals surface area contributed by atoms with Gasteiger partial charge >= 0.3 is 0 Å². The second-order valence-corrected chi connectivity index (χ2v) is 6.57. The first-order valence-electron chi connectivity index (χ1n) is 8.12. The third-order valence-corrected chi connectivity index (χ3v) is 5.35. The predicted molar refractivity (Wildman–Crippen MR) is 81.4 cm³/mol. The van der Waals surface area contributed by atoms with Crippen molar-refractivity contribution in [2.24, 2.45) is 0 Å². The van der Waals surface area contributed by atoms with Crippen LogP contribution in [-0.2, 0) is 17.6 Å². The molecule has 0 radical (unpaired) electrons. The maximum absolute atomic E-state index is 10.5. The summed E-state index contributed by atoms with van der Waals surface area (Å²) in [5.74, 6) is 0. The van der Waals surface area contributed by atoms with E-state index in [1.54, 1.807) is 0 Å². The second kappa shape index (κ2) is 5.69. The van der Waals surface area contributed by atoms with Crippen molar-refractivity contribution in [1.82, 2.24) is 9.80 Å². The average Bonchev–Trinajstić information content (AvgIpc) is 3.11. The molecule has 0 amide bonds. The second-order valence-electron chi connectivity index (χ2n) is 6.57. The molecule has 114 valence electrons. The van der Waals surface area contributed by atoms with E-state index < -0.39 is 0 Å². The molecule has 4 heteroatoms. The Bertz CT molecular complexity index is 476. The van der Waals surface area contributed by atoms with E-state index in [-0.39, 0.29) is 12.1 Å². The van der Waals surface area contributed by atoms with E-state index in [4.69, 9.17) is 4.74 Å². The van der Waals surface area contributed by atoms with Crippen LogP contribution in [0.2, 0.25) is 0 Å². The molecule has 1 aromatic carbocycles. The summed E-state index contributed by atoms with van der Waals surface area (Å²) < 4.78 is 5.43. The number of hydrogen-bond acceptors (Lipinski definition) is 4. The number of benzene rings is 1. The van der Waals surface area contributed by atoms with Crippen molar-refractivity contribution >= 4 is 0 Å². The van der Waals surface area contributed by atoms with Gasteiger partial charge in [-0.15, -0.1) is 0 Å². The normalized spacial score (nSPS) is 31.7. The van der Waals surface area contributed by atoms with E-state index in [9.17, 15) is 5.11 Å². The fourth-order valence-electron chi connectivity index (χ4n) is 4.16. The molecule has 1 aliphatic carbocycles. The van der Waals surface area contributed by atoms with Crippen LogP contribution in [0.3, 0.4) is 0 Å². The van der Waals surface area contributed by atoms with Crippen molar-refractivity contribution in [2.75, 3.05) is 39.4 Å². The van der Waals surface area contributed by atoms with E-state index in [1.807, 2.05) is 0 Å². The number of β-amino-alcohol motifs (C(OH)–C–C–N with tert-alkyl or cyclic N) is 1. The first kappa shape index (κ1) is 13.7. The molecule has 0 spiro atoms. The molecule has 0 bridgehead atoms. The standard InChI is InChI=1S/C17H24N2O2/c20-17-12-19(11-16(17)18-5-7-21-8-6-18)15-9-13-3-1-2-4-14(13)10-15/h1-4,15-17,20H,5-12H2/t16-,17-/m0/s1. The van der Waals surface area contributed by atoms with Crippen molar-refractivity contribution in [1.29, 1.82) is 0 Å². The number of nitrogens with zero attached hydrogens (tertiary/aromatic N) is 2. The van der Waals surface area contributed by atoms with Crippen LogP contribution in [0.15, 0.2) is 24.3 Å². The Labute approximate surface area is 126 Å². The molecule has 4 nitrogen and oxygen atoms in total. The fourth-order valence-corrected chi connectivity index (χ4v) is 4.16. The zero-order valence-corrected chi connectivity index (χ0v) is 12.4. The molecule has 0 aromatic heterocycles. The predicted octanol–water partition coefficient (Wildman–Crippen LogP) is 0.531. The lowest BCUT2D eigenvalue weighted by Crippen LogP contribution is -2.49. The van der Waals surface area contributed by atoms with Gasteiger partial charge in [0.2, 0.25) is 0 Å². The summed E-state index contributed by atoms with van der Waals surface area (Å²) in [7, 11) is 0. The van der Waals surface area contributed by atoms with Crippen LogP contribution in [0.5, 0.6) is 0 Å². The van der Waals surface area contributed by atoms with Crippen LogP contribution >= 0.6 is 0 Å². The van der Waals surface area contributed by atoms with Crippen molar-refractivity contribution < 1.29 is 9.84 Å². The Kier molecular flexibility index (Phi) is 3.71. The number of morpholine rings is 1. The summed E-state index contributed by atoms with van der Waals surface area (Å²) in [6.07, 6.45) is 2.06. The number of hydrogen-bond donors (Lipinski definition) is 1. The highest BCUT2D eigenvalue weighted by atomic mass is 16.5. The molecule has 4 rings (SSSR count). The average molecular weight is 288 g/mol. The van der Waals surface area contributed by atoms with Gasteiger partial charge < -0.3 is 9.84 Å². The van der Waals surface area contributed by atoms with Crippen LogP contribution in [0.4, 0.5) is 0 Å². The zero-order chi connectivity index (χ0) is 14.2. The number of fused-ring (bicyclic) bond motifs is 1. The van der Waals surface area contributed by atoms with Crippen LogP contribution in [0, 0.1) is 0 Å².